The number of carbonyl (C=O) groups is 2. The molecule has 0 unspecified atom stereocenters. The summed E-state index contributed by atoms with van der Waals surface area (Å²) in [6.45, 7) is 4.18. The van der Waals surface area contributed by atoms with Crippen LogP contribution >= 0.6 is 11.8 Å². The summed E-state index contributed by atoms with van der Waals surface area (Å²) in [6.07, 6.45) is 1.90. The van der Waals surface area contributed by atoms with E-state index in [4.69, 9.17) is 0 Å². The highest BCUT2D eigenvalue weighted by Crippen LogP contribution is 2.30. The predicted molar refractivity (Wildman–Crippen MR) is 118 cm³/mol. The summed E-state index contributed by atoms with van der Waals surface area (Å²) in [4.78, 5) is 33.0. The topological polar surface area (TPSA) is 43.9 Å². The van der Waals surface area contributed by atoms with Crippen molar-refractivity contribution in [3.05, 3.63) is 59.7 Å². The lowest BCUT2D eigenvalue weighted by Gasteiger charge is -2.22. The highest BCUT2D eigenvalue weighted by Gasteiger charge is 2.25. The van der Waals surface area contributed by atoms with E-state index in [9.17, 15) is 9.59 Å². The normalized spacial score (nSPS) is 17.1. The quantitative estimate of drug-likeness (QED) is 0.728. The van der Waals surface area contributed by atoms with Gasteiger partial charge in [0.15, 0.2) is 0 Å². The third-order valence-electron chi connectivity index (χ3n) is 5.66. The first-order valence-corrected chi connectivity index (χ1v) is 11.2. The lowest BCUT2D eigenvalue weighted by atomic mass is 10.2. The number of hydrogen-bond acceptors (Lipinski definition) is 4. The molecule has 2 aromatic rings. The molecule has 5 nitrogen and oxygen atoms in total. The summed E-state index contributed by atoms with van der Waals surface area (Å²) in [5.41, 5.74) is 2.96. The van der Waals surface area contributed by atoms with Crippen LogP contribution < -0.4 is 4.90 Å². The summed E-state index contributed by atoms with van der Waals surface area (Å²) in [7, 11) is 2.10. The zero-order chi connectivity index (χ0) is 20.2. The molecule has 0 radical (unpaired) electrons. The van der Waals surface area contributed by atoms with Gasteiger partial charge in [0.1, 0.15) is 0 Å². The van der Waals surface area contributed by atoms with Gasteiger partial charge in [-0.3, -0.25) is 9.59 Å². The first-order chi connectivity index (χ1) is 14.1. The van der Waals surface area contributed by atoms with Gasteiger partial charge < -0.3 is 14.7 Å². The summed E-state index contributed by atoms with van der Waals surface area (Å²) in [5, 5.41) is 0. The van der Waals surface area contributed by atoms with Crippen molar-refractivity contribution in [2.75, 3.05) is 50.4 Å². The van der Waals surface area contributed by atoms with Gasteiger partial charge in [-0.05, 0) is 50.2 Å². The Labute approximate surface area is 176 Å². The third-order valence-corrected chi connectivity index (χ3v) is 6.72. The van der Waals surface area contributed by atoms with E-state index in [1.165, 1.54) is 17.3 Å². The largest absolute Gasteiger partial charge is 0.337 e. The minimum atomic E-state index is 0.0716. The summed E-state index contributed by atoms with van der Waals surface area (Å²) in [6, 6.07) is 15.8. The van der Waals surface area contributed by atoms with Gasteiger partial charge in [-0.15, -0.1) is 11.8 Å². The molecule has 29 heavy (non-hydrogen) atoms. The van der Waals surface area contributed by atoms with E-state index in [-0.39, 0.29) is 11.8 Å². The highest BCUT2D eigenvalue weighted by atomic mass is 32.2. The Morgan fingerprint density at radius 1 is 0.931 bits per heavy atom. The number of likely N-dealkylation sites (N-methyl/N-ethyl adjacent to an activating group) is 1. The molecule has 0 spiro atoms. The number of anilines is 1. The number of fused-ring (bicyclic) bond motifs is 1. The molecule has 152 valence electrons. The monoisotopic (exact) mass is 409 g/mol. The number of para-hydroxylation sites is 1. The fourth-order valence-corrected chi connectivity index (χ4v) is 4.92. The summed E-state index contributed by atoms with van der Waals surface area (Å²) >= 11 is 1.47. The van der Waals surface area contributed by atoms with Crippen molar-refractivity contribution in [3.8, 4) is 0 Å². The second-order valence-electron chi connectivity index (χ2n) is 7.66. The van der Waals surface area contributed by atoms with Crippen LogP contribution in [0.4, 0.5) is 5.69 Å². The molecule has 0 saturated carbocycles. The molecule has 2 amide bonds. The van der Waals surface area contributed by atoms with Gasteiger partial charge in [-0.25, -0.2) is 0 Å². The maximum atomic E-state index is 13.1. The zero-order valence-corrected chi connectivity index (χ0v) is 17.7. The van der Waals surface area contributed by atoms with Gasteiger partial charge in [-0.2, -0.15) is 0 Å². The Morgan fingerprint density at radius 3 is 2.62 bits per heavy atom. The molecular weight excluding hydrogens is 382 g/mol. The van der Waals surface area contributed by atoms with E-state index in [2.05, 4.69) is 18.0 Å². The van der Waals surface area contributed by atoms with Crippen LogP contribution in [0.5, 0.6) is 0 Å². The van der Waals surface area contributed by atoms with Crippen molar-refractivity contribution < 1.29 is 9.59 Å². The molecule has 0 bridgehead atoms. The number of nitrogens with zero attached hydrogens (tertiary/aromatic N) is 3. The fraction of sp³-hybridized carbons (Fsp3) is 0.391. The van der Waals surface area contributed by atoms with Crippen LogP contribution in [0.2, 0.25) is 0 Å². The lowest BCUT2D eigenvalue weighted by Crippen LogP contribution is -2.35. The number of hydrogen-bond donors (Lipinski definition) is 0. The van der Waals surface area contributed by atoms with Crippen molar-refractivity contribution in [2.24, 2.45) is 0 Å². The number of thioether (sulfide) groups is 1. The van der Waals surface area contributed by atoms with E-state index in [1.54, 1.807) is 0 Å². The summed E-state index contributed by atoms with van der Waals surface area (Å²) in [5.74, 6) is 0.502. The maximum Gasteiger partial charge on any atom is 0.255 e. The molecule has 4 rings (SSSR count). The van der Waals surface area contributed by atoms with Gasteiger partial charge in [0.25, 0.3) is 5.91 Å². The van der Waals surface area contributed by atoms with Crippen LogP contribution in [0, 0.1) is 0 Å². The Bertz CT molecular complexity index is 901. The molecule has 1 saturated heterocycles. The first-order valence-electron chi connectivity index (χ1n) is 10.2. The molecule has 2 aliphatic heterocycles. The minimum absolute atomic E-state index is 0.0716. The molecule has 6 heteroatoms. The Hall–Kier alpha value is -2.31. The number of carbonyl (C=O) groups excluding carboxylic acids is 2. The van der Waals surface area contributed by atoms with Crippen molar-refractivity contribution in [1.82, 2.24) is 9.80 Å². The standard InChI is InChI=1S/C23H27N3O2S/c1-24-12-6-13-25(16-15-24)23(28)19-8-3-5-10-21(19)29-17-22(27)26-14-11-18-7-2-4-9-20(18)26/h2-5,7-10H,6,11-17H2,1H3. The highest BCUT2D eigenvalue weighted by molar-refractivity contribution is 8.00. The molecule has 2 aliphatic rings. The first kappa shape index (κ1) is 20.0. The van der Waals surface area contributed by atoms with E-state index in [0.29, 0.717) is 11.3 Å². The van der Waals surface area contributed by atoms with Crippen molar-refractivity contribution >= 4 is 29.3 Å². The molecule has 0 N–H and O–H groups in total. The molecule has 2 heterocycles. The van der Waals surface area contributed by atoms with Crippen molar-refractivity contribution in [2.45, 2.75) is 17.7 Å². The average Bonchev–Trinajstić information content (AvgIpc) is 3.06. The second kappa shape index (κ2) is 9.01. The molecule has 0 aliphatic carbocycles. The molecular formula is C23H27N3O2S. The molecule has 0 atom stereocenters. The zero-order valence-electron chi connectivity index (χ0n) is 16.8. The summed E-state index contributed by atoms with van der Waals surface area (Å²) < 4.78 is 0. The van der Waals surface area contributed by atoms with E-state index in [0.717, 1.165) is 56.1 Å². The van der Waals surface area contributed by atoms with E-state index < -0.39 is 0 Å². The van der Waals surface area contributed by atoms with Crippen LogP contribution in [0.3, 0.4) is 0 Å². The fourth-order valence-electron chi connectivity index (χ4n) is 4.00. The minimum Gasteiger partial charge on any atom is -0.337 e. The van der Waals surface area contributed by atoms with Crippen LogP contribution in [0.25, 0.3) is 0 Å². The Balaban J connectivity index is 1.44. The third kappa shape index (κ3) is 4.49. The van der Waals surface area contributed by atoms with Gasteiger partial charge in [0, 0.05) is 36.8 Å². The van der Waals surface area contributed by atoms with Crippen molar-refractivity contribution in [1.29, 1.82) is 0 Å². The molecule has 1 fully saturated rings. The maximum absolute atomic E-state index is 13.1. The van der Waals surface area contributed by atoms with Gasteiger partial charge in [0.2, 0.25) is 5.91 Å². The Morgan fingerprint density at radius 2 is 1.72 bits per heavy atom. The van der Waals surface area contributed by atoms with Gasteiger partial charge in [0.05, 0.1) is 11.3 Å². The Kier molecular flexibility index (Phi) is 6.21. The van der Waals surface area contributed by atoms with Crippen LogP contribution in [-0.2, 0) is 11.2 Å². The number of amides is 2. The van der Waals surface area contributed by atoms with Gasteiger partial charge in [-0.1, -0.05) is 30.3 Å². The second-order valence-corrected chi connectivity index (χ2v) is 8.68. The van der Waals surface area contributed by atoms with Gasteiger partial charge >= 0.3 is 0 Å². The van der Waals surface area contributed by atoms with Crippen molar-refractivity contribution in [3.63, 3.8) is 0 Å². The SMILES string of the molecule is CN1CCCN(C(=O)c2ccccc2SCC(=O)N2CCc3ccccc32)CC1. The van der Waals surface area contributed by atoms with E-state index in [1.807, 2.05) is 52.3 Å². The van der Waals surface area contributed by atoms with E-state index >= 15 is 0 Å². The molecule has 0 aromatic heterocycles. The van der Waals surface area contributed by atoms with Crippen LogP contribution in [0.15, 0.2) is 53.4 Å². The molecule has 2 aromatic carbocycles. The van der Waals surface area contributed by atoms with Crippen LogP contribution in [-0.4, -0.2) is 67.1 Å². The van der Waals surface area contributed by atoms with Crippen LogP contribution in [0.1, 0.15) is 22.3 Å². The predicted octanol–water partition coefficient (Wildman–Crippen LogP) is 3.15. The average molecular weight is 410 g/mol. The number of benzene rings is 2. The lowest BCUT2D eigenvalue weighted by molar-refractivity contribution is -0.116. The number of rotatable bonds is 4. The smallest absolute Gasteiger partial charge is 0.255 e.